The second-order valence-electron chi connectivity index (χ2n) is 5.07. The zero-order valence-electron chi connectivity index (χ0n) is 12.1. The fourth-order valence-corrected chi connectivity index (χ4v) is 2.30. The van der Waals surface area contributed by atoms with Crippen LogP contribution in [0.2, 0.25) is 0 Å². The number of nitrogens with one attached hydrogen (secondary N) is 2. The summed E-state index contributed by atoms with van der Waals surface area (Å²) in [6.45, 7) is 6.86. The first-order chi connectivity index (χ1) is 9.24. The third-order valence-corrected chi connectivity index (χ3v) is 3.48. The van der Waals surface area contributed by atoms with Gasteiger partial charge < -0.3 is 15.4 Å². The summed E-state index contributed by atoms with van der Waals surface area (Å²) in [4.78, 5) is 9.16. The van der Waals surface area contributed by atoms with Crippen molar-refractivity contribution < 1.29 is 4.74 Å². The molecule has 0 aliphatic carbocycles. The molecule has 106 valence electrons. The summed E-state index contributed by atoms with van der Waals surface area (Å²) in [5.74, 6) is 3.38. The Morgan fingerprint density at radius 2 is 2.11 bits per heavy atom. The molecule has 1 unspecified atom stereocenters. The van der Waals surface area contributed by atoms with Gasteiger partial charge in [0, 0.05) is 38.1 Å². The van der Waals surface area contributed by atoms with Gasteiger partial charge in [-0.2, -0.15) is 0 Å². The molecule has 1 saturated heterocycles. The minimum absolute atomic E-state index is 0.599. The van der Waals surface area contributed by atoms with Gasteiger partial charge in [0.25, 0.3) is 0 Å². The molecule has 1 aromatic heterocycles. The van der Waals surface area contributed by atoms with Crippen LogP contribution in [0.4, 0.5) is 11.6 Å². The van der Waals surface area contributed by atoms with E-state index in [0.717, 1.165) is 62.0 Å². The van der Waals surface area contributed by atoms with E-state index in [9.17, 15) is 0 Å². The molecule has 0 radical (unpaired) electrons. The quantitative estimate of drug-likeness (QED) is 0.825. The highest BCUT2D eigenvalue weighted by atomic mass is 16.5. The lowest BCUT2D eigenvalue weighted by molar-refractivity contribution is 0.187. The lowest BCUT2D eigenvalue weighted by atomic mass is 10.1. The highest BCUT2D eigenvalue weighted by Crippen LogP contribution is 2.21. The maximum Gasteiger partial charge on any atom is 0.134 e. The average Bonchev–Trinajstić information content (AvgIpc) is 2.92. The molecule has 0 spiro atoms. The minimum Gasteiger partial charge on any atom is -0.381 e. The van der Waals surface area contributed by atoms with Gasteiger partial charge in [-0.05, 0) is 19.8 Å². The largest absolute Gasteiger partial charge is 0.381 e. The van der Waals surface area contributed by atoms with Crippen LogP contribution < -0.4 is 10.6 Å². The van der Waals surface area contributed by atoms with Crippen LogP contribution in [0, 0.1) is 12.8 Å². The molecule has 5 heteroatoms. The molecule has 5 nitrogen and oxygen atoms in total. The van der Waals surface area contributed by atoms with Crippen molar-refractivity contribution in [2.75, 3.05) is 37.4 Å². The summed E-state index contributed by atoms with van der Waals surface area (Å²) in [6, 6.07) is 0. The Morgan fingerprint density at radius 1 is 1.32 bits per heavy atom. The smallest absolute Gasteiger partial charge is 0.134 e. The minimum atomic E-state index is 0.599. The van der Waals surface area contributed by atoms with Gasteiger partial charge in [-0.3, -0.25) is 0 Å². The van der Waals surface area contributed by atoms with E-state index in [1.54, 1.807) is 0 Å². The van der Waals surface area contributed by atoms with Crippen molar-refractivity contribution in [3.63, 3.8) is 0 Å². The van der Waals surface area contributed by atoms with Crippen molar-refractivity contribution in [3.05, 3.63) is 11.4 Å². The van der Waals surface area contributed by atoms with Gasteiger partial charge in [-0.15, -0.1) is 0 Å². The number of anilines is 2. The molecular formula is C14H24N4O. The van der Waals surface area contributed by atoms with E-state index >= 15 is 0 Å². The lowest BCUT2D eigenvalue weighted by Crippen LogP contribution is -2.17. The Hall–Kier alpha value is -1.36. The predicted octanol–water partition coefficient (Wildman–Crippen LogP) is 2.23. The molecule has 1 aliphatic heterocycles. The summed E-state index contributed by atoms with van der Waals surface area (Å²) >= 11 is 0. The molecule has 2 N–H and O–H groups in total. The maximum absolute atomic E-state index is 5.40. The Bertz CT molecular complexity index is 416. The lowest BCUT2D eigenvalue weighted by Gasteiger charge is -2.15. The van der Waals surface area contributed by atoms with Crippen molar-refractivity contribution in [3.8, 4) is 0 Å². The fraction of sp³-hybridized carbons (Fsp3) is 0.714. The Labute approximate surface area is 115 Å². The molecule has 0 aromatic carbocycles. The standard InChI is InChI=1S/C14H24N4O/c1-4-5-12-17-13(15-3)10(2)14(18-12)16-8-11-6-7-19-9-11/h11H,4-9H2,1-3H3,(H2,15,16,17,18). The molecular weight excluding hydrogens is 240 g/mol. The van der Waals surface area contributed by atoms with Crippen LogP contribution in [-0.2, 0) is 11.2 Å². The first-order valence-corrected chi connectivity index (χ1v) is 7.11. The number of aryl methyl sites for hydroxylation is 1. The van der Waals surface area contributed by atoms with Gasteiger partial charge in [0.05, 0.1) is 6.61 Å². The topological polar surface area (TPSA) is 59.1 Å². The first-order valence-electron chi connectivity index (χ1n) is 7.11. The normalized spacial score (nSPS) is 18.6. The Morgan fingerprint density at radius 3 is 2.74 bits per heavy atom. The van der Waals surface area contributed by atoms with Crippen LogP contribution in [0.1, 0.15) is 31.2 Å². The summed E-state index contributed by atoms with van der Waals surface area (Å²) in [5, 5.41) is 6.60. The van der Waals surface area contributed by atoms with Crippen molar-refractivity contribution in [2.45, 2.75) is 33.1 Å². The first kappa shape index (κ1) is 14.1. The van der Waals surface area contributed by atoms with E-state index < -0.39 is 0 Å². The third-order valence-electron chi connectivity index (χ3n) is 3.48. The van der Waals surface area contributed by atoms with Gasteiger partial charge in [0.1, 0.15) is 17.5 Å². The van der Waals surface area contributed by atoms with E-state index in [1.807, 2.05) is 7.05 Å². The zero-order chi connectivity index (χ0) is 13.7. The molecule has 0 bridgehead atoms. The van der Waals surface area contributed by atoms with E-state index in [-0.39, 0.29) is 0 Å². The third kappa shape index (κ3) is 3.56. The fourth-order valence-electron chi connectivity index (χ4n) is 2.30. The SMILES string of the molecule is CCCc1nc(NC)c(C)c(NCC2CCOC2)n1. The summed E-state index contributed by atoms with van der Waals surface area (Å²) in [5.41, 5.74) is 1.08. The molecule has 19 heavy (non-hydrogen) atoms. The molecule has 0 amide bonds. The molecule has 1 aromatic rings. The van der Waals surface area contributed by atoms with Crippen LogP contribution in [0.25, 0.3) is 0 Å². The summed E-state index contributed by atoms with van der Waals surface area (Å²) < 4.78 is 5.40. The average molecular weight is 264 g/mol. The highest BCUT2D eigenvalue weighted by Gasteiger charge is 2.16. The zero-order valence-corrected chi connectivity index (χ0v) is 12.1. The van der Waals surface area contributed by atoms with E-state index in [4.69, 9.17) is 4.74 Å². The van der Waals surface area contributed by atoms with Crippen LogP contribution in [-0.4, -0.2) is 36.8 Å². The number of rotatable bonds is 6. The Kier molecular flexibility index (Phi) is 4.96. The van der Waals surface area contributed by atoms with Gasteiger partial charge in [-0.1, -0.05) is 6.92 Å². The number of nitrogens with zero attached hydrogens (tertiary/aromatic N) is 2. The maximum atomic E-state index is 5.40. The number of aromatic nitrogens is 2. The van der Waals surface area contributed by atoms with Crippen molar-refractivity contribution in [2.24, 2.45) is 5.92 Å². The van der Waals surface area contributed by atoms with Crippen LogP contribution in [0.15, 0.2) is 0 Å². The number of hydrogen-bond donors (Lipinski definition) is 2. The second kappa shape index (κ2) is 6.70. The van der Waals surface area contributed by atoms with Crippen molar-refractivity contribution >= 4 is 11.6 Å². The van der Waals surface area contributed by atoms with Crippen LogP contribution >= 0.6 is 0 Å². The van der Waals surface area contributed by atoms with Crippen LogP contribution in [0.3, 0.4) is 0 Å². The van der Waals surface area contributed by atoms with Gasteiger partial charge in [0.2, 0.25) is 0 Å². The monoisotopic (exact) mass is 264 g/mol. The Balaban J connectivity index is 2.09. The molecule has 2 rings (SSSR count). The van der Waals surface area contributed by atoms with Gasteiger partial charge >= 0.3 is 0 Å². The van der Waals surface area contributed by atoms with E-state index in [2.05, 4.69) is 34.4 Å². The number of hydrogen-bond acceptors (Lipinski definition) is 5. The van der Waals surface area contributed by atoms with Crippen molar-refractivity contribution in [1.29, 1.82) is 0 Å². The number of ether oxygens (including phenoxy) is 1. The summed E-state index contributed by atoms with van der Waals surface area (Å²) in [7, 11) is 1.90. The second-order valence-corrected chi connectivity index (χ2v) is 5.07. The summed E-state index contributed by atoms with van der Waals surface area (Å²) in [6.07, 6.45) is 3.11. The van der Waals surface area contributed by atoms with Gasteiger partial charge in [-0.25, -0.2) is 9.97 Å². The van der Waals surface area contributed by atoms with Gasteiger partial charge in [0.15, 0.2) is 0 Å². The molecule has 2 heterocycles. The highest BCUT2D eigenvalue weighted by molar-refractivity contribution is 5.57. The van der Waals surface area contributed by atoms with Crippen LogP contribution in [0.5, 0.6) is 0 Å². The molecule has 1 aliphatic rings. The van der Waals surface area contributed by atoms with E-state index in [0.29, 0.717) is 5.92 Å². The molecule has 1 fully saturated rings. The molecule has 1 atom stereocenters. The van der Waals surface area contributed by atoms with E-state index in [1.165, 1.54) is 0 Å². The predicted molar refractivity (Wildman–Crippen MR) is 77.7 cm³/mol. The van der Waals surface area contributed by atoms with Crippen molar-refractivity contribution in [1.82, 2.24) is 9.97 Å². The molecule has 0 saturated carbocycles.